The van der Waals surface area contributed by atoms with Crippen molar-refractivity contribution in [2.75, 3.05) is 17.9 Å². The maximum Gasteiger partial charge on any atom is 0.262 e. The molecule has 1 unspecified atom stereocenters. The lowest BCUT2D eigenvalue weighted by Crippen LogP contribution is -2.17. The van der Waals surface area contributed by atoms with Crippen molar-refractivity contribution < 1.29 is 17.9 Å². The number of benzene rings is 2. The van der Waals surface area contributed by atoms with Crippen molar-refractivity contribution in [3.8, 4) is 5.75 Å². The van der Waals surface area contributed by atoms with Gasteiger partial charge in [-0.05, 0) is 35.2 Å². The molecule has 2 aromatic carbocycles. The number of ether oxygens (including phenoxy) is 2. The van der Waals surface area contributed by atoms with Gasteiger partial charge in [0, 0.05) is 0 Å². The number of hydrogen-bond acceptors (Lipinski definition) is 4. The van der Waals surface area contributed by atoms with Crippen LogP contribution >= 0.6 is 0 Å². The van der Waals surface area contributed by atoms with E-state index < -0.39 is 10.0 Å². The Morgan fingerprint density at radius 3 is 2.44 bits per heavy atom. The van der Waals surface area contributed by atoms with E-state index >= 15 is 0 Å². The molecule has 0 aromatic heterocycles. The lowest BCUT2D eigenvalue weighted by Gasteiger charge is -2.22. The largest absolute Gasteiger partial charge is 0.489 e. The summed E-state index contributed by atoms with van der Waals surface area (Å²) in [5.74, 6) is 0.503. The maximum absolute atomic E-state index is 12.7. The number of epoxide rings is 1. The van der Waals surface area contributed by atoms with E-state index in [1.54, 1.807) is 30.3 Å². The molecule has 1 fully saturated rings. The van der Waals surface area contributed by atoms with Crippen LogP contribution in [0.2, 0.25) is 0 Å². The van der Waals surface area contributed by atoms with E-state index in [2.05, 4.69) is 25.5 Å². The van der Waals surface area contributed by atoms with Crippen LogP contribution in [0.3, 0.4) is 0 Å². The van der Waals surface area contributed by atoms with Gasteiger partial charge in [0.15, 0.2) is 0 Å². The summed E-state index contributed by atoms with van der Waals surface area (Å²) >= 11 is 0. The van der Waals surface area contributed by atoms with Crippen molar-refractivity contribution in [3.63, 3.8) is 0 Å². The van der Waals surface area contributed by atoms with E-state index in [9.17, 15) is 8.42 Å². The fraction of sp³-hybridized carbons (Fsp3) is 0.368. The van der Waals surface area contributed by atoms with Crippen LogP contribution in [0.4, 0.5) is 5.69 Å². The standard InChI is InChI=1S/C19H23NO4S/c1-19(2,3)14-9-10-18(24-13-15-12-23-15)17(11-14)20-25(21,22)16-7-5-4-6-8-16/h4-11,15,20H,12-13H2,1-3H3. The molecule has 0 saturated carbocycles. The molecule has 1 saturated heterocycles. The van der Waals surface area contributed by atoms with Crippen LogP contribution in [0, 0.1) is 0 Å². The Bertz CT molecular complexity index is 837. The minimum Gasteiger partial charge on any atom is -0.489 e. The molecule has 134 valence electrons. The molecule has 0 aliphatic carbocycles. The third kappa shape index (κ3) is 4.52. The number of rotatable bonds is 6. The highest BCUT2D eigenvalue weighted by Gasteiger charge is 2.25. The van der Waals surface area contributed by atoms with Crippen LogP contribution in [0.25, 0.3) is 0 Å². The summed E-state index contributed by atoms with van der Waals surface area (Å²) in [5.41, 5.74) is 1.36. The van der Waals surface area contributed by atoms with Crippen LogP contribution < -0.4 is 9.46 Å². The highest BCUT2D eigenvalue weighted by Crippen LogP contribution is 2.33. The average Bonchev–Trinajstić information content (AvgIpc) is 3.37. The normalized spacial score (nSPS) is 17.2. The van der Waals surface area contributed by atoms with E-state index in [0.717, 1.165) is 5.56 Å². The zero-order chi connectivity index (χ0) is 18.1. The van der Waals surface area contributed by atoms with Gasteiger partial charge in [-0.2, -0.15) is 0 Å². The highest BCUT2D eigenvalue weighted by molar-refractivity contribution is 7.92. The molecule has 1 heterocycles. The quantitative estimate of drug-likeness (QED) is 0.799. The monoisotopic (exact) mass is 361 g/mol. The Morgan fingerprint density at radius 2 is 1.84 bits per heavy atom. The third-order valence-corrected chi connectivity index (χ3v) is 5.35. The first-order chi connectivity index (χ1) is 11.8. The fourth-order valence-corrected chi connectivity index (χ4v) is 3.43. The van der Waals surface area contributed by atoms with Gasteiger partial charge in [0.1, 0.15) is 18.5 Å². The van der Waals surface area contributed by atoms with Gasteiger partial charge in [-0.1, -0.05) is 45.0 Å². The summed E-state index contributed by atoms with van der Waals surface area (Å²) in [6, 6.07) is 13.9. The molecular weight excluding hydrogens is 338 g/mol. The minimum absolute atomic E-state index is 0.0980. The molecule has 0 amide bonds. The van der Waals surface area contributed by atoms with Crippen LogP contribution in [0.5, 0.6) is 5.75 Å². The zero-order valence-corrected chi connectivity index (χ0v) is 15.5. The molecule has 1 aliphatic rings. The van der Waals surface area contributed by atoms with Crippen molar-refractivity contribution in [2.24, 2.45) is 0 Å². The molecular formula is C19H23NO4S. The van der Waals surface area contributed by atoms with E-state index in [1.165, 1.54) is 0 Å². The van der Waals surface area contributed by atoms with Gasteiger partial charge >= 0.3 is 0 Å². The SMILES string of the molecule is CC(C)(C)c1ccc(OCC2CO2)c(NS(=O)(=O)c2ccccc2)c1. The van der Waals surface area contributed by atoms with Crippen LogP contribution in [0.1, 0.15) is 26.3 Å². The topological polar surface area (TPSA) is 67.9 Å². The van der Waals surface area contributed by atoms with Crippen LogP contribution in [0.15, 0.2) is 53.4 Å². The van der Waals surface area contributed by atoms with E-state index in [1.807, 2.05) is 18.2 Å². The second kappa shape index (κ2) is 6.69. The van der Waals surface area contributed by atoms with Crippen molar-refractivity contribution in [2.45, 2.75) is 37.2 Å². The van der Waals surface area contributed by atoms with E-state index in [-0.39, 0.29) is 16.4 Å². The van der Waals surface area contributed by atoms with Crippen LogP contribution in [-0.4, -0.2) is 27.7 Å². The van der Waals surface area contributed by atoms with Gasteiger partial charge in [-0.3, -0.25) is 4.72 Å². The number of sulfonamides is 1. The highest BCUT2D eigenvalue weighted by atomic mass is 32.2. The first-order valence-corrected chi connectivity index (χ1v) is 9.71. The van der Waals surface area contributed by atoms with Gasteiger partial charge in [0.2, 0.25) is 0 Å². The van der Waals surface area contributed by atoms with Crippen molar-refractivity contribution in [3.05, 3.63) is 54.1 Å². The lowest BCUT2D eigenvalue weighted by atomic mass is 9.87. The Hall–Kier alpha value is -2.05. The molecule has 5 nitrogen and oxygen atoms in total. The molecule has 0 radical (unpaired) electrons. The van der Waals surface area contributed by atoms with Crippen molar-refractivity contribution >= 4 is 15.7 Å². The number of hydrogen-bond donors (Lipinski definition) is 1. The van der Waals surface area contributed by atoms with Crippen LogP contribution in [-0.2, 0) is 20.2 Å². The van der Waals surface area contributed by atoms with Gasteiger partial charge in [-0.25, -0.2) is 8.42 Å². The Labute approximate surface area is 149 Å². The van der Waals surface area contributed by atoms with Gasteiger partial charge in [0.05, 0.1) is 17.2 Å². The molecule has 3 rings (SSSR count). The van der Waals surface area contributed by atoms with E-state index in [4.69, 9.17) is 9.47 Å². The second-order valence-corrected chi connectivity index (χ2v) is 8.83. The summed E-state index contributed by atoms with van der Waals surface area (Å²) in [7, 11) is -3.68. The molecule has 1 N–H and O–H groups in total. The molecule has 0 spiro atoms. The Balaban J connectivity index is 1.93. The zero-order valence-electron chi connectivity index (χ0n) is 14.7. The molecule has 25 heavy (non-hydrogen) atoms. The van der Waals surface area contributed by atoms with Crippen molar-refractivity contribution in [1.82, 2.24) is 0 Å². The fourth-order valence-electron chi connectivity index (χ4n) is 2.35. The van der Waals surface area contributed by atoms with Crippen molar-refractivity contribution in [1.29, 1.82) is 0 Å². The average molecular weight is 361 g/mol. The maximum atomic E-state index is 12.7. The second-order valence-electron chi connectivity index (χ2n) is 7.15. The van der Waals surface area contributed by atoms with Gasteiger partial charge in [0.25, 0.3) is 10.0 Å². The third-order valence-electron chi connectivity index (χ3n) is 3.97. The number of nitrogens with one attached hydrogen (secondary N) is 1. The summed E-state index contributed by atoms with van der Waals surface area (Å²) < 4.78 is 38.9. The molecule has 1 aliphatic heterocycles. The first-order valence-electron chi connectivity index (χ1n) is 8.22. The summed E-state index contributed by atoms with van der Waals surface area (Å²) in [6.45, 7) is 7.34. The molecule has 0 bridgehead atoms. The predicted octanol–water partition coefficient (Wildman–Crippen LogP) is 3.56. The molecule has 6 heteroatoms. The summed E-state index contributed by atoms with van der Waals surface area (Å²) in [4.78, 5) is 0.215. The van der Waals surface area contributed by atoms with E-state index in [0.29, 0.717) is 24.7 Å². The molecule has 1 atom stereocenters. The summed E-state index contributed by atoms with van der Waals surface area (Å²) in [5, 5.41) is 0. The van der Waals surface area contributed by atoms with Gasteiger partial charge < -0.3 is 9.47 Å². The Kier molecular flexibility index (Phi) is 4.75. The first kappa shape index (κ1) is 17.8. The minimum atomic E-state index is -3.68. The summed E-state index contributed by atoms with van der Waals surface area (Å²) in [6.07, 6.45) is 0.0980. The van der Waals surface area contributed by atoms with Gasteiger partial charge in [-0.15, -0.1) is 0 Å². The Morgan fingerprint density at radius 1 is 1.16 bits per heavy atom. The predicted molar refractivity (Wildman–Crippen MR) is 97.6 cm³/mol. The number of anilines is 1. The molecule has 2 aromatic rings. The lowest BCUT2D eigenvalue weighted by molar-refractivity contribution is 0.264. The smallest absolute Gasteiger partial charge is 0.262 e.